The van der Waals surface area contributed by atoms with Crippen molar-refractivity contribution in [3.05, 3.63) is 398 Å². The first kappa shape index (κ1) is 107. The van der Waals surface area contributed by atoms with E-state index in [0.29, 0.717) is 45.7 Å². The molecule has 12 aromatic rings. The number of aromatic carboxylic acids is 1. The van der Waals surface area contributed by atoms with E-state index < -0.39 is 5.97 Å². The van der Waals surface area contributed by atoms with Gasteiger partial charge < -0.3 is 54.2 Å². The van der Waals surface area contributed by atoms with Gasteiger partial charge in [-0.1, -0.05) is 208 Å². The van der Waals surface area contributed by atoms with Crippen LogP contribution in [-0.4, -0.2) is 142 Å². The molecule has 4 heterocycles. The summed E-state index contributed by atoms with van der Waals surface area (Å²) >= 11 is 36.6. The third kappa shape index (κ3) is 29.3. The van der Waals surface area contributed by atoms with Gasteiger partial charge in [0.1, 0.15) is 5.75 Å². The third-order valence-electron chi connectivity index (χ3n) is 23.4. The molecule has 28 heteroatoms. The van der Waals surface area contributed by atoms with Crippen LogP contribution in [0.2, 0.25) is 25.1 Å². The van der Waals surface area contributed by atoms with E-state index in [1.807, 2.05) is 162 Å². The van der Waals surface area contributed by atoms with Gasteiger partial charge in [0.05, 0.1) is 43.6 Å². The molecule has 0 spiro atoms. The number of amides is 2. The molecule has 5 aliphatic carbocycles. The minimum atomic E-state index is -0.890. The number of halogens is 6. The number of thiol groups is 1. The van der Waals surface area contributed by atoms with Crippen LogP contribution >= 0.6 is 86.7 Å². The minimum absolute atomic E-state index is 0. The molecule has 0 atom stereocenters. The number of ether oxygens (including phenoxy) is 3. The maximum Gasteiger partial charge on any atom is 1.00 e. The van der Waals surface area contributed by atoms with Gasteiger partial charge in [-0.2, -0.15) is 0 Å². The Bertz CT molecular complexity index is 6440. The number of carbonyl (C=O) groups is 6. The number of methoxy groups -OCH3 is 3. The number of benzene rings is 11. The average Bonchev–Trinajstić information content (AvgIpc) is 1.64. The van der Waals surface area contributed by atoms with Crippen molar-refractivity contribution in [3.8, 4) is 16.9 Å². The van der Waals surface area contributed by atoms with Gasteiger partial charge in [0, 0.05) is 96.6 Å². The summed E-state index contributed by atoms with van der Waals surface area (Å²) in [6, 6.07) is 72.4. The topological polar surface area (TPSA) is 246 Å². The number of aryl methyl sites for hydroxylation is 1. The summed E-state index contributed by atoms with van der Waals surface area (Å²) in [5, 5.41) is 25.1. The first-order valence-electron chi connectivity index (χ1n) is 44.1. The molecule has 3 aliphatic heterocycles. The molecule has 3 saturated heterocycles. The Kier molecular flexibility index (Phi) is 42.2. The van der Waals surface area contributed by atoms with Crippen LogP contribution in [0.5, 0.6) is 5.75 Å². The molecule has 18 nitrogen and oxygen atoms in total. The number of carboxylic acid groups (broad SMARTS) is 1. The van der Waals surface area contributed by atoms with Gasteiger partial charge in [0.15, 0.2) is 0 Å². The van der Waals surface area contributed by atoms with E-state index >= 15 is 0 Å². The summed E-state index contributed by atoms with van der Waals surface area (Å²) in [6.07, 6.45) is 30.2. The number of hydrogen-bond donors (Lipinski definition) is 4. The van der Waals surface area contributed by atoms with E-state index in [1.54, 1.807) is 54.6 Å². The smallest absolute Gasteiger partial charge is 0.870 e. The number of likely N-dealkylation sites (tertiary alicyclic amines) is 2. The Labute approximate surface area is 847 Å². The van der Waals surface area contributed by atoms with Crippen LogP contribution < -0.4 is 28.8 Å². The minimum Gasteiger partial charge on any atom is -0.870 e. The Balaban J connectivity index is 0.000000163. The summed E-state index contributed by atoms with van der Waals surface area (Å²) in [5.74, 6) is -0.899. The molecule has 2 amide bonds. The molecule has 11 aromatic carbocycles. The molecule has 692 valence electrons. The molecule has 4 N–H and O–H groups in total. The largest absolute Gasteiger partial charge is 1.00 e. The zero-order chi connectivity index (χ0) is 95.2. The molecule has 1 aromatic heterocycles. The van der Waals surface area contributed by atoms with Gasteiger partial charge in [0.25, 0.3) is 11.8 Å². The number of nitrogens with zero attached hydrogens (tertiary/aromatic N) is 4. The predicted octanol–water partition coefficient (Wildman–Crippen LogP) is 22.0. The molecule has 0 bridgehead atoms. The molecule has 20 rings (SSSR count). The first-order valence-corrected chi connectivity index (χ1v) is 47.2. The monoisotopic (exact) mass is 1990 g/mol. The second kappa shape index (κ2) is 53.6. The number of aromatic nitrogens is 1. The van der Waals surface area contributed by atoms with Crippen LogP contribution in [0, 0.1) is 0 Å². The zero-order valence-electron chi connectivity index (χ0n) is 76.2. The van der Waals surface area contributed by atoms with Gasteiger partial charge in [0.2, 0.25) is 0 Å². The van der Waals surface area contributed by atoms with Crippen molar-refractivity contribution in [2.24, 2.45) is 11.3 Å². The van der Waals surface area contributed by atoms with Crippen LogP contribution in [0.4, 0.5) is 0 Å². The Morgan fingerprint density at radius 3 is 1.23 bits per heavy atom. The molecule has 0 saturated carbocycles. The molecule has 0 unspecified atom stereocenters. The number of rotatable bonds is 12. The Hall–Kier alpha value is -11.0. The molecular weight excluding hydrogens is 1890 g/mol. The number of esters is 3. The van der Waals surface area contributed by atoms with E-state index in [1.165, 1.54) is 105 Å². The maximum absolute atomic E-state index is 12.8. The van der Waals surface area contributed by atoms with Gasteiger partial charge in [-0.25, -0.2) is 19.2 Å². The SMILES string of the molecule is C1CCNCC1.COC(=O)c1ccc2c(c1)CC=C2.COC(=O)c1ccc2c(c1)CC=C2Br.COC(=O)c1ccc2c(c1)CC=C2c1cccc(Cl)c1.Cn1cc(-c2cccc(Cl)c2)c2ccc(C(=O)N3CCCCC3)cc21.O=C(O)c1ccc2c(c1)CC=C2c1cccc(Cl)c1.O=C(c1ccc2c(c1)CC=C2c1cccc(Cl)c1)N1CCCCC1.O[B]Oc1cccc(Cl)c1.[B]=NS.[Li+].[OH-]. The summed E-state index contributed by atoms with van der Waals surface area (Å²) in [5.41, 5.74) is 25.5. The fraction of sp³-hybridized carbons (Fsp3) is 0.222. The van der Waals surface area contributed by atoms with E-state index in [-0.39, 0.29) is 54.1 Å². The van der Waals surface area contributed by atoms with Gasteiger partial charge in [-0.15, -0.1) is 0 Å². The van der Waals surface area contributed by atoms with Crippen molar-refractivity contribution < 1.29 is 82.1 Å². The standard InChI is InChI=1S/C21H21ClN2O.C21H20ClNO.C17H13ClO2.C16H11ClO2.C11H9BrO2.C11H10O2.C6H5BClO2.C5H11N.BHNS.Li.H2O/c1-23-14-19(15-6-5-7-17(22)12-15)18-9-8-16(13-20(18)23)21(25)24-10-3-2-4-11-24;22-18-6-4-5-15(14-18)19-9-7-16-13-17(8-10-20(16)19)21(24)23-11-2-1-3-12-23;1-20-17(19)13-6-8-16-12(9-13)5-7-15(16)11-3-2-4-14(18)10-11;17-13-3-1-2-10(9-13)14-6-4-11-8-12(16(18)19)5-7-15(11)14;1-14-11(13)8-2-4-9-7(6-8)3-5-10(9)12;1-13-11(12)10-6-5-8-3-2-4-9(8)7-10;8-5-2-1-3-6(4-5)10-7-9;1-2-4-6-5-3-1;1-2-3;;/h5-9,12-14H,2-4,10-11H2,1H3;4-6,8-10,13-14H,1-3,7,11-12H2;2-4,6-10H,5H2,1H3;1-3,5-9H,4H2,(H,18,19);2,4-6H,3H2,1H3;2-3,5-7H,4H2,1H3;1-4,9H;6H,1-5H2;3H;;1H2/q;;;;;;;;;+1;/p-1. The number of piperidine rings is 3. The van der Waals surface area contributed by atoms with Crippen molar-refractivity contribution >= 4 is 176 Å². The van der Waals surface area contributed by atoms with Crippen molar-refractivity contribution in [2.75, 3.05) is 60.6 Å². The molecule has 3 fully saturated rings. The fourth-order valence-electron chi connectivity index (χ4n) is 16.8. The number of allylic oxidation sites excluding steroid dienone is 5. The van der Waals surface area contributed by atoms with Gasteiger partial charge in [-0.05, 0) is 331 Å². The summed E-state index contributed by atoms with van der Waals surface area (Å²) in [4.78, 5) is 74.4. The van der Waals surface area contributed by atoms with Crippen molar-refractivity contribution in [1.82, 2.24) is 19.7 Å². The van der Waals surface area contributed by atoms with Crippen LogP contribution in [-0.2, 0) is 53.4 Å². The van der Waals surface area contributed by atoms with Gasteiger partial charge in [-0.3, -0.25) is 9.59 Å². The van der Waals surface area contributed by atoms with Crippen molar-refractivity contribution in [1.29, 1.82) is 0 Å². The Morgan fingerprint density at radius 2 is 0.801 bits per heavy atom. The predicted molar refractivity (Wildman–Crippen MR) is 552 cm³/mol. The zero-order valence-corrected chi connectivity index (χ0v) is 82.5. The number of carboxylic acids is 1. The third-order valence-corrected chi connectivity index (χ3v) is 25.3. The second-order valence-corrected chi connectivity index (χ2v) is 35.5. The summed E-state index contributed by atoms with van der Waals surface area (Å²) in [6.45, 7) is 6.03. The van der Waals surface area contributed by atoms with Crippen molar-refractivity contribution in [3.63, 3.8) is 0 Å². The average molecular weight is 2000 g/mol. The Morgan fingerprint density at radius 1 is 0.434 bits per heavy atom. The van der Waals surface area contributed by atoms with Crippen LogP contribution in [0.3, 0.4) is 0 Å². The normalized spacial score (nSPS) is 13.8. The number of fused-ring (bicyclic) bond motifs is 6. The molecular formula is C108H102B2BrCl5LiN5O13S. The van der Waals surface area contributed by atoms with E-state index in [4.69, 9.17) is 72.9 Å². The summed E-state index contributed by atoms with van der Waals surface area (Å²) in [7, 11) is 11.2. The first-order chi connectivity index (χ1) is 65.0. The summed E-state index contributed by atoms with van der Waals surface area (Å²) < 4.78 is 24.6. The molecule has 136 heavy (non-hydrogen) atoms. The fourth-order valence-corrected chi connectivity index (χ4v) is 18.2. The number of nitrogens with one attached hydrogen (secondary N) is 1. The second-order valence-electron chi connectivity index (χ2n) is 32.2. The van der Waals surface area contributed by atoms with E-state index in [9.17, 15) is 28.8 Å². The molecule has 2 radical (unpaired) electrons. The van der Waals surface area contributed by atoms with Gasteiger partial charge >= 0.3 is 75.2 Å². The number of hydrogen-bond acceptors (Lipinski definition) is 15. The van der Waals surface area contributed by atoms with Crippen LogP contribution in [0.25, 0.3) is 49.3 Å². The van der Waals surface area contributed by atoms with Crippen LogP contribution in [0.15, 0.2) is 271 Å². The van der Waals surface area contributed by atoms with Crippen LogP contribution in [0.1, 0.15) is 192 Å². The quantitative estimate of drug-likeness (QED) is 0.0385. The van der Waals surface area contributed by atoms with E-state index in [2.05, 4.69) is 138 Å². The maximum atomic E-state index is 12.8. The molecule has 8 aliphatic rings. The van der Waals surface area contributed by atoms with E-state index in [0.717, 1.165) is 187 Å². The van der Waals surface area contributed by atoms with Crippen molar-refractivity contribution in [2.45, 2.75) is 89.9 Å². The number of carbonyl (C=O) groups excluding carboxylic acids is 5.